The van der Waals surface area contributed by atoms with Gasteiger partial charge in [-0.25, -0.2) is 4.98 Å². The number of rotatable bonds is 1. The smallest absolute Gasteiger partial charge is 0.139 e. The second-order valence-electron chi connectivity index (χ2n) is 2.24. The number of anilines is 1. The van der Waals surface area contributed by atoms with Crippen LogP contribution in [0.4, 0.5) is 5.82 Å². The fourth-order valence-corrected chi connectivity index (χ4v) is 1.09. The molecule has 3 heteroatoms. The zero-order valence-electron chi connectivity index (χ0n) is 6.16. The van der Waals surface area contributed by atoms with Gasteiger partial charge in [-0.2, -0.15) is 0 Å². The Morgan fingerprint density at radius 3 is 3.18 bits per heavy atom. The van der Waals surface area contributed by atoms with Crippen LogP contribution in [0, 0.1) is 0 Å². The molecule has 2 heterocycles. The molecule has 0 fully saturated rings. The van der Waals surface area contributed by atoms with E-state index in [4.69, 9.17) is 4.42 Å². The number of pyridine rings is 1. The number of aromatic nitrogens is 1. The van der Waals surface area contributed by atoms with Crippen molar-refractivity contribution in [3.63, 3.8) is 0 Å². The highest BCUT2D eigenvalue weighted by atomic mass is 16.3. The van der Waals surface area contributed by atoms with Crippen LogP contribution in [0.3, 0.4) is 0 Å². The van der Waals surface area contributed by atoms with E-state index < -0.39 is 0 Å². The molecule has 0 aliphatic rings. The van der Waals surface area contributed by atoms with Crippen molar-refractivity contribution in [1.82, 2.24) is 4.98 Å². The Bertz CT molecular complexity index is 367. The van der Waals surface area contributed by atoms with Crippen molar-refractivity contribution in [3.05, 3.63) is 24.6 Å². The van der Waals surface area contributed by atoms with Crippen LogP contribution < -0.4 is 5.32 Å². The highest BCUT2D eigenvalue weighted by molar-refractivity contribution is 5.87. The maximum absolute atomic E-state index is 5.18. The number of furan rings is 1. The van der Waals surface area contributed by atoms with Gasteiger partial charge < -0.3 is 9.73 Å². The van der Waals surface area contributed by atoms with E-state index in [1.165, 1.54) is 0 Å². The van der Waals surface area contributed by atoms with Crippen LogP contribution in [-0.4, -0.2) is 12.0 Å². The van der Waals surface area contributed by atoms with Gasteiger partial charge in [-0.1, -0.05) is 0 Å². The van der Waals surface area contributed by atoms with Gasteiger partial charge in [-0.3, -0.25) is 0 Å². The molecule has 0 aromatic carbocycles. The van der Waals surface area contributed by atoms with Crippen LogP contribution in [0.2, 0.25) is 0 Å². The first-order chi connectivity index (χ1) is 5.42. The standard InChI is InChI=1S/C8H8N2O/c1-9-8-6-3-5-11-7(6)2-4-10-8/h2-5H,1H3,(H,9,10). The molecule has 0 aliphatic carbocycles. The van der Waals surface area contributed by atoms with Crippen molar-refractivity contribution in [2.45, 2.75) is 0 Å². The summed E-state index contributed by atoms with van der Waals surface area (Å²) >= 11 is 0. The molecule has 0 saturated heterocycles. The van der Waals surface area contributed by atoms with Crippen molar-refractivity contribution >= 4 is 16.8 Å². The van der Waals surface area contributed by atoms with Gasteiger partial charge in [-0.15, -0.1) is 0 Å². The molecule has 3 nitrogen and oxygen atoms in total. The summed E-state index contributed by atoms with van der Waals surface area (Å²) in [5.41, 5.74) is 0.865. The summed E-state index contributed by atoms with van der Waals surface area (Å²) in [4.78, 5) is 4.13. The monoisotopic (exact) mass is 148 g/mol. The summed E-state index contributed by atoms with van der Waals surface area (Å²) < 4.78 is 5.18. The molecule has 0 saturated carbocycles. The Morgan fingerprint density at radius 2 is 2.36 bits per heavy atom. The quantitative estimate of drug-likeness (QED) is 0.670. The van der Waals surface area contributed by atoms with Gasteiger partial charge >= 0.3 is 0 Å². The van der Waals surface area contributed by atoms with Gasteiger partial charge in [-0.05, 0) is 12.1 Å². The molecular weight excluding hydrogens is 140 g/mol. The van der Waals surface area contributed by atoms with Crippen molar-refractivity contribution < 1.29 is 4.42 Å². The van der Waals surface area contributed by atoms with Crippen molar-refractivity contribution in [3.8, 4) is 0 Å². The minimum Gasteiger partial charge on any atom is -0.464 e. The number of nitrogens with one attached hydrogen (secondary N) is 1. The summed E-state index contributed by atoms with van der Waals surface area (Å²) in [7, 11) is 1.84. The summed E-state index contributed by atoms with van der Waals surface area (Å²) in [5, 5.41) is 4.01. The molecule has 0 amide bonds. The first-order valence-corrected chi connectivity index (χ1v) is 3.42. The summed E-state index contributed by atoms with van der Waals surface area (Å²) in [6.45, 7) is 0. The van der Waals surface area contributed by atoms with E-state index in [0.29, 0.717) is 0 Å². The lowest BCUT2D eigenvalue weighted by molar-refractivity contribution is 0.615. The van der Waals surface area contributed by atoms with Gasteiger partial charge in [0.15, 0.2) is 0 Å². The molecule has 2 aromatic rings. The summed E-state index contributed by atoms with van der Waals surface area (Å²) in [6.07, 6.45) is 3.38. The lowest BCUT2D eigenvalue weighted by Crippen LogP contribution is -1.90. The number of hydrogen-bond donors (Lipinski definition) is 1. The van der Waals surface area contributed by atoms with Crippen LogP contribution in [0.1, 0.15) is 0 Å². The SMILES string of the molecule is CNc1nccc2occc12. The molecule has 1 N–H and O–H groups in total. The summed E-state index contributed by atoms with van der Waals surface area (Å²) in [5.74, 6) is 0.858. The van der Waals surface area contributed by atoms with Crippen LogP contribution >= 0.6 is 0 Å². The summed E-state index contributed by atoms with van der Waals surface area (Å²) in [6, 6.07) is 3.74. The molecule has 0 atom stereocenters. The maximum Gasteiger partial charge on any atom is 0.139 e. The molecule has 56 valence electrons. The molecular formula is C8H8N2O. The van der Waals surface area contributed by atoms with E-state index in [2.05, 4.69) is 10.3 Å². The lowest BCUT2D eigenvalue weighted by atomic mass is 10.3. The lowest BCUT2D eigenvalue weighted by Gasteiger charge is -1.97. The van der Waals surface area contributed by atoms with Gasteiger partial charge in [0.05, 0.1) is 11.6 Å². The minimum atomic E-state index is 0.858. The third-order valence-corrected chi connectivity index (χ3v) is 1.62. The largest absolute Gasteiger partial charge is 0.464 e. The molecule has 0 spiro atoms. The van der Waals surface area contributed by atoms with Crippen LogP contribution in [0.5, 0.6) is 0 Å². The molecule has 0 bridgehead atoms. The second-order valence-corrected chi connectivity index (χ2v) is 2.24. The number of nitrogens with zero attached hydrogens (tertiary/aromatic N) is 1. The zero-order valence-corrected chi connectivity index (χ0v) is 6.16. The van der Waals surface area contributed by atoms with Crippen molar-refractivity contribution in [2.75, 3.05) is 12.4 Å². The average molecular weight is 148 g/mol. The topological polar surface area (TPSA) is 38.1 Å². The Hall–Kier alpha value is -1.51. The maximum atomic E-state index is 5.18. The molecule has 2 aromatic heterocycles. The molecule has 0 radical (unpaired) electrons. The Morgan fingerprint density at radius 1 is 1.45 bits per heavy atom. The van der Waals surface area contributed by atoms with Crippen molar-refractivity contribution in [1.29, 1.82) is 0 Å². The molecule has 0 unspecified atom stereocenters. The van der Waals surface area contributed by atoms with Gasteiger partial charge in [0.25, 0.3) is 0 Å². The predicted molar refractivity (Wildman–Crippen MR) is 43.6 cm³/mol. The predicted octanol–water partition coefficient (Wildman–Crippen LogP) is 1.87. The van der Waals surface area contributed by atoms with E-state index in [1.54, 1.807) is 12.5 Å². The third kappa shape index (κ3) is 0.852. The van der Waals surface area contributed by atoms with Gasteiger partial charge in [0.2, 0.25) is 0 Å². The van der Waals surface area contributed by atoms with E-state index in [-0.39, 0.29) is 0 Å². The zero-order chi connectivity index (χ0) is 7.68. The molecule has 11 heavy (non-hydrogen) atoms. The van der Waals surface area contributed by atoms with Crippen molar-refractivity contribution in [2.24, 2.45) is 0 Å². The second kappa shape index (κ2) is 2.27. The van der Waals surface area contributed by atoms with Gasteiger partial charge in [0.1, 0.15) is 11.4 Å². The number of hydrogen-bond acceptors (Lipinski definition) is 3. The third-order valence-electron chi connectivity index (χ3n) is 1.62. The number of fused-ring (bicyclic) bond motifs is 1. The van der Waals surface area contributed by atoms with Gasteiger partial charge in [0, 0.05) is 13.2 Å². The molecule has 0 aliphatic heterocycles. The highest BCUT2D eigenvalue weighted by Crippen LogP contribution is 2.20. The van der Waals surface area contributed by atoms with E-state index >= 15 is 0 Å². The van der Waals surface area contributed by atoms with Crippen LogP contribution in [-0.2, 0) is 0 Å². The molecule has 2 rings (SSSR count). The minimum absolute atomic E-state index is 0.858. The van der Waals surface area contributed by atoms with Crippen LogP contribution in [0.15, 0.2) is 29.0 Å². The Labute approximate surface area is 64.0 Å². The fraction of sp³-hybridized carbons (Fsp3) is 0.125. The van der Waals surface area contributed by atoms with E-state index in [9.17, 15) is 0 Å². The first kappa shape index (κ1) is 6.22. The van der Waals surface area contributed by atoms with E-state index in [1.807, 2.05) is 19.2 Å². The fourth-order valence-electron chi connectivity index (χ4n) is 1.09. The highest BCUT2D eigenvalue weighted by Gasteiger charge is 2.00. The van der Waals surface area contributed by atoms with Crippen LogP contribution in [0.25, 0.3) is 11.0 Å². The van der Waals surface area contributed by atoms with E-state index in [0.717, 1.165) is 16.8 Å². The Balaban J connectivity index is 2.79. The average Bonchev–Trinajstić information content (AvgIpc) is 2.50. The normalized spacial score (nSPS) is 10.3. The Kier molecular flexibility index (Phi) is 1.28. The first-order valence-electron chi connectivity index (χ1n) is 3.42.